The van der Waals surface area contributed by atoms with E-state index in [0.29, 0.717) is 36.8 Å². The molecule has 1 aliphatic heterocycles. The number of anilines is 2. The molecule has 6 nitrogen and oxygen atoms in total. The number of hydrogen-bond acceptors (Lipinski definition) is 6. The van der Waals surface area contributed by atoms with Gasteiger partial charge in [-0.15, -0.1) is 0 Å². The maximum absolute atomic E-state index is 12.5. The molecule has 0 saturated heterocycles. The van der Waals surface area contributed by atoms with Gasteiger partial charge in [-0.2, -0.15) is 0 Å². The standard InChI is InChI=1S/C22H22N2O4/c1-3-14-6-5-7-16-20(14)23-13-17(22(25)26-4-2)21(16)24-15-8-9-18-19(12-15)28-11-10-27-18/h5-9,12-13H,3-4,10-11H2,1-2H3,(H,23,24). The van der Waals surface area contributed by atoms with Crippen LogP contribution in [0.4, 0.5) is 11.4 Å². The average molecular weight is 378 g/mol. The van der Waals surface area contributed by atoms with E-state index >= 15 is 0 Å². The predicted octanol–water partition coefficient (Wildman–Crippen LogP) is 4.49. The van der Waals surface area contributed by atoms with Gasteiger partial charge in [0, 0.05) is 23.3 Å². The van der Waals surface area contributed by atoms with E-state index in [1.807, 2.05) is 36.4 Å². The number of fused-ring (bicyclic) bond motifs is 2. The minimum atomic E-state index is -0.404. The molecule has 1 aliphatic rings. The SMILES string of the molecule is CCOC(=O)c1cnc2c(CC)cccc2c1Nc1ccc2c(c1)OCCO2. The molecule has 1 N–H and O–H groups in total. The summed E-state index contributed by atoms with van der Waals surface area (Å²) >= 11 is 0. The van der Waals surface area contributed by atoms with E-state index in [0.717, 1.165) is 34.3 Å². The van der Waals surface area contributed by atoms with E-state index < -0.39 is 5.97 Å². The van der Waals surface area contributed by atoms with Crippen LogP contribution in [-0.4, -0.2) is 30.8 Å². The Morgan fingerprint density at radius 2 is 1.96 bits per heavy atom. The second kappa shape index (κ2) is 7.76. The molecule has 2 heterocycles. The third-order valence-electron chi connectivity index (χ3n) is 4.67. The molecule has 1 aromatic heterocycles. The van der Waals surface area contributed by atoms with Crippen molar-refractivity contribution in [3.63, 3.8) is 0 Å². The molecule has 6 heteroatoms. The lowest BCUT2D eigenvalue weighted by Crippen LogP contribution is -2.15. The van der Waals surface area contributed by atoms with Crippen LogP contribution in [0.3, 0.4) is 0 Å². The number of aryl methyl sites for hydroxylation is 1. The van der Waals surface area contributed by atoms with E-state index in [4.69, 9.17) is 14.2 Å². The fourth-order valence-corrected chi connectivity index (χ4v) is 3.33. The summed E-state index contributed by atoms with van der Waals surface area (Å²) in [6, 6.07) is 11.6. The number of hydrogen-bond donors (Lipinski definition) is 1. The number of nitrogens with zero attached hydrogens (tertiary/aromatic N) is 1. The molecule has 0 unspecified atom stereocenters. The first kappa shape index (κ1) is 18.1. The molecule has 0 bridgehead atoms. The zero-order valence-corrected chi connectivity index (χ0v) is 16.0. The number of nitrogens with one attached hydrogen (secondary N) is 1. The molecule has 4 rings (SSSR count). The summed E-state index contributed by atoms with van der Waals surface area (Å²) in [4.78, 5) is 17.1. The molecule has 2 aromatic carbocycles. The lowest BCUT2D eigenvalue weighted by atomic mass is 10.0. The number of carbonyl (C=O) groups excluding carboxylic acids is 1. The van der Waals surface area contributed by atoms with Crippen molar-refractivity contribution in [1.82, 2.24) is 4.98 Å². The van der Waals surface area contributed by atoms with Crippen LogP contribution in [0.5, 0.6) is 11.5 Å². The van der Waals surface area contributed by atoms with Crippen molar-refractivity contribution in [2.75, 3.05) is 25.1 Å². The van der Waals surface area contributed by atoms with E-state index in [1.54, 1.807) is 13.1 Å². The fourth-order valence-electron chi connectivity index (χ4n) is 3.33. The highest BCUT2D eigenvalue weighted by atomic mass is 16.6. The van der Waals surface area contributed by atoms with Crippen molar-refractivity contribution in [2.45, 2.75) is 20.3 Å². The molecule has 0 radical (unpaired) electrons. The molecule has 144 valence electrons. The first-order valence-electron chi connectivity index (χ1n) is 9.45. The van der Waals surface area contributed by atoms with Gasteiger partial charge >= 0.3 is 5.97 Å². The van der Waals surface area contributed by atoms with Crippen LogP contribution in [0.15, 0.2) is 42.6 Å². The van der Waals surface area contributed by atoms with Gasteiger partial charge in [-0.3, -0.25) is 4.98 Å². The number of rotatable bonds is 5. The van der Waals surface area contributed by atoms with Gasteiger partial charge in [-0.1, -0.05) is 25.1 Å². The number of carbonyl (C=O) groups is 1. The van der Waals surface area contributed by atoms with Crippen molar-refractivity contribution in [3.8, 4) is 11.5 Å². The number of pyridine rings is 1. The van der Waals surface area contributed by atoms with Crippen LogP contribution < -0.4 is 14.8 Å². The Labute approximate surface area is 163 Å². The van der Waals surface area contributed by atoms with Gasteiger partial charge in [-0.25, -0.2) is 4.79 Å². The van der Waals surface area contributed by atoms with Gasteiger partial charge in [0.15, 0.2) is 11.5 Å². The first-order chi connectivity index (χ1) is 13.7. The maximum Gasteiger partial charge on any atom is 0.341 e. The highest BCUT2D eigenvalue weighted by Crippen LogP contribution is 2.36. The lowest BCUT2D eigenvalue weighted by molar-refractivity contribution is 0.0527. The average Bonchev–Trinajstić information content (AvgIpc) is 2.73. The topological polar surface area (TPSA) is 69.7 Å². The number of ether oxygens (including phenoxy) is 3. The van der Waals surface area contributed by atoms with Gasteiger partial charge in [0.05, 0.1) is 17.8 Å². The number of benzene rings is 2. The van der Waals surface area contributed by atoms with Crippen molar-refractivity contribution >= 4 is 28.2 Å². The molecule has 0 aliphatic carbocycles. The monoisotopic (exact) mass is 378 g/mol. The largest absolute Gasteiger partial charge is 0.486 e. The van der Waals surface area contributed by atoms with E-state index in [-0.39, 0.29) is 0 Å². The van der Waals surface area contributed by atoms with Gasteiger partial charge in [-0.05, 0) is 31.0 Å². The van der Waals surface area contributed by atoms with Crippen LogP contribution in [0.1, 0.15) is 29.8 Å². The van der Waals surface area contributed by atoms with Crippen molar-refractivity contribution in [2.24, 2.45) is 0 Å². The van der Waals surface area contributed by atoms with Crippen molar-refractivity contribution in [1.29, 1.82) is 0 Å². The molecule has 0 fully saturated rings. The fraction of sp³-hybridized carbons (Fsp3) is 0.273. The summed E-state index contributed by atoms with van der Waals surface area (Å²) in [5.41, 5.74) is 3.87. The Morgan fingerprint density at radius 1 is 1.14 bits per heavy atom. The molecule has 0 saturated carbocycles. The Hall–Kier alpha value is -3.28. The summed E-state index contributed by atoms with van der Waals surface area (Å²) in [7, 11) is 0. The van der Waals surface area contributed by atoms with Crippen LogP contribution in [0.25, 0.3) is 10.9 Å². The highest BCUT2D eigenvalue weighted by molar-refractivity contribution is 6.06. The number of para-hydroxylation sites is 1. The van der Waals surface area contributed by atoms with Crippen LogP contribution in [0.2, 0.25) is 0 Å². The summed E-state index contributed by atoms with van der Waals surface area (Å²) in [5.74, 6) is 0.996. The number of esters is 1. The smallest absolute Gasteiger partial charge is 0.341 e. The zero-order chi connectivity index (χ0) is 19.5. The van der Waals surface area contributed by atoms with Gasteiger partial charge in [0.25, 0.3) is 0 Å². The van der Waals surface area contributed by atoms with Crippen molar-refractivity contribution < 1.29 is 19.0 Å². The molecule has 0 spiro atoms. The Bertz CT molecular complexity index is 1030. The van der Waals surface area contributed by atoms with Crippen LogP contribution >= 0.6 is 0 Å². The summed E-state index contributed by atoms with van der Waals surface area (Å²) in [5, 5.41) is 4.25. The Kier molecular flexibility index (Phi) is 5.02. The second-order valence-corrected chi connectivity index (χ2v) is 6.42. The summed E-state index contributed by atoms with van der Waals surface area (Å²) in [6.45, 7) is 5.23. The predicted molar refractivity (Wildman–Crippen MR) is 108 cm³/mol. The molecule has 3 aromatic rings. The minimum absolute atomic E-state index is 0.301. The third kappa shape index (κ3) is 3.33. The summed E-state index contributed by atoms with van der Waals surface area (Å²) in [6.07, 6.45) is 2.44. The molecule has 0 atom stereocenters. The summed E-state index contributed by atoms with van der Waals surface area (Å²) < 4.78 is 16.5. The number of aromatic nitrogens is 1. The Balaban J connectivity index is 1.83. The second-order valence-electron chi connectivity index (χ2n) is 6.42. The molecular weight excluding hydrogens is 356 g/mol. The minimum Gasteiger partial charge on any atom is -0.486 e. The zero-order valence-electron chi connectivity index (χ0n) is 16.0. The maximum atomic E-state index is 12.5. The van der Waals surface area contributed by atoms with E-state index in [1.165, 1.54) is 0 Å². The van der Waals surface area contributed by atoms with Crippen LogP contribution in [0, 0.1) is 0 Å². The van der Waals surface area contributed by atoms with Gasteiger partial charge in [0.2, 0.25) is 0 Å². The lowest BCUT2D eigenvalue weighted by Gasteiger charge is -2.20. The molecule has 0 amide bonds. The van der Waals surface area contributed by atoms with Crippen LogP contribution in [-0.2, 0) is 11.2 Å². The van der Waals surface area contributed by atoms with Gasteiger partial charge in [0.1, 0.15) is 18.8 Å². The van der Waals surface area contributed by atoms with E-state index in [2.05, 4.69) is 17.2 Å². The van der Waals surface area contributed by atoms with Crippen molar-refractivity contribution in [3.05, 3.63) is 53.7 Å². The highest BCUT2D eigenvalue weighted by Gasteiger charge is 2.19. The first-order valence-corrected chi connectivity index (χ1v) is 9.45. The third-order valence-corrected chi connectivity index (χ3v) is 4.67. The molecular formula is C22H22N2O4. The van der Waals surface area contributed by atoms with Gasteiger partial charge < -0.3 is 19.5 Å². The van der Waals surface area contributed by atoms with E-state index in [9.17, 15) is 4.79 Å². The normalized spacial score (nSPS) is 12.6. The molecule has 28 heavy (non-hydrogen) atoms. The quantitative estimate of drug-likeness (QED) is 0.660. The Morgan fingerprint density at radius 3 is 2.75 bits per heavy atom.